The molecule has 0 aliphatic rings. The van der Waals surface area contributed by atoms with Crippen molar-refractivity contribution in [3.63, 3.8) is 0 Å². The molecule has 1 rings (SSSR count). The van der Waals surface area contributed by atoms with Crippen LogP contribution in [-0.2, 0) is 6.42 Å². The molecule has 0 heterocycles. The molecule has 0 aliphatic heterocycles. The molecule has 0 bridgehead atoms. The van der Waals surface area contributed by atoms with Gasteiger partial charge in [-0.05, 0) is 25.5 Å². The van der Waals surface area contributed by atoms with Crippen molar-refractivity contribution in [2.75, 3.05) is 0 Å². The Bertz CT molecular complexity index is 284. The molecule has 2 heteroatoms. The Morgan fingerprint density at radius 3 is 2.75 bits per heavy atom. The summed E-state index contributed by atoms with van der Waals surface area (Å²) in [6.07, 6.45) is 0.505. The Hall–Kier alpha value is -0.820. The second-order valence-corrected chi connectivity index (χ2v) is 3.24. The van der Waals surface area contributed by atoms with E-state index in [-0.39, 0.29) is 5.82 Å². The molecular weight excluding hydrogens is 175 g/mol. The molecule has 0 fully saturated rings. The number of allylic oxidation sites excluding steroid dienone is 1. The summed E-state index contributed by atoms with van der Waals surface area (Å²) in [6, 6.07) is 4.69. The minimum Gasteiger partial charge on any atom is -0.207 e. The van der Waals surface area contributed by atoms with Crippen molar-refractivity contribution >= 4 is 11.6 Å². The maximum Gasteiger partial charge on any atom is 0.128 e. The van der Waals surface area contributed by atoms with Gasteiger partial charge < -0.3 is 0 Å². The zero-order valence-electron chi connectivity index (χ0n) is 6.90. The van der Waals surface area contributed by atoms with Crippen molar-refractivity contribution < 1.29 is 4.39 Å². The summed E-state index contributed by atoms with van der Waals surface area (Å²) in [6.45, 7) is 5.56. The summed E-state index contributed by atoms with van der Waals surface area (Å²) in [4.78, 5) is 0. The van der Waals surface area contributed by atoms with Crippen LogP contribution in [0.1, 0.15) is 12.5 Å². The third kappa shape index (κ3) is 2.08. The van der Waals surface area contributed by atoms with Gasteiger partial charge in [-0.25, -0.2) is 4.39 Å². The molecule has 1 aromatic carbocycles. The minimum absolute atomic E-state index is 0.259. The van der Waals surface area contributed by atoms with Gasteiger partial charge in [0.1, 0.15) is 5.82 Å². The van der Waals surface area contributed by atoms with Crippen LogP contribution in [0.2, 0.25) is 5.02 Å². The second kappa shape index (κ2) is 3.72. The molecule has 0 saturated heterocycles. The average molecular weight is 185 g/mol. The van der Waals surface area contributed by atoms with E-state index in [0.717, 1.165) is 5.57 Å². The van der Waals surface area contributed by atoms with Gasteiger partial charge in [0, 0.05) is 10.6 Å². The van der Waals surface area contributed by atoms with Gasteiger partial charge in [0.05, 0.1) is 0 Å². The SMILES string of the molecule is C=C(C)Cc1c(F)cccc1Cl. The number of hydrogen-bond donors (Lipinski definition) is 0. The quantitative estimate of drug-likeness (QED) is 0.617. The van der Waals surface area contributed by atoms with E-state index in [1.165, 1.54) is 6.07 Å². The van der Waals surface area contributed by atoms with Gasteiger partial charge in [-0.15, -0.1) is 0 Å². The normalized spacial score (nSPS) is 9.92. The third-order valence-corrected chi connectivity index (χ3v) is 1.89. The first kappa shape index (κ1) is 9.27. The average Bonchev–Trinajstić information content (AvgIpc) is 1.97. The Morgan fingerprint density at radius 1 is 1.58 bits per heavy atom. The summed E-state index contributed by atoms with van der Waals surface area (Å²) in [5.41, 5.74) is 1.44. The number of halogens is 2. The lowest BCUT2D eigenvalue weighted by Crippen LogP contribution is -1.91. The predicted molar refractivity (Wildman–Crippen MR) is 49.9 cm³/mol. The van der Waals surface area contributed by atoms with Gasteiger partial charge in [0.2, 0.25) is 0 Å². The monoisotopic (exact) mass is 184 g/mol. The lowest BCUT2D eigenvalue weighted by Gasteiger charge is -2.04. The minimum atomic E-state index is -0.259. The molecule has 0 spiro atoms. The molecule has 0 amide bonds. The molecule has 0 atom stereocenters. The third-order valence-electron chi connectivity index (χ3n) is 1.54. The summed E-state index contributed by atoms with van der Waals surface area (Å²) in [5, 5.41) is 0.470. The van der Waals surface area contributed by atoms with Crippen molar-refractivity contribution in [3.8, 4) is 0 Å². The van der Waals surface area contributed by atoms with Gasteiger partial charge in [-0.2, -0.15) is 0 Å². The Kier molecular flexibility index (Phi) is 2.88. The van der Waals surface area contributed by atoms with Crippen molar-refractivity contribution in [2.24, 2.45) is 0 Å². The highest BCUT2D eigenvalue weighted by Gasteiger charge is 2.05. The van der Waals surface area contributed by atoms with Crippen LogP contribution < -0.4 is 0 Å². The maximum atomic E-state index is 13.1. The first-order valence-electron chi connectivity index (χ1n) is 3.68. The Balaban J connectivity index is 3.04. The Morgan fingerprint density at radius 2 is 2.25 bits per heavy atom. The van der Waals surface area contributed by atoms with Gasteiger partial charge in [0.15, 0.2) is 0 Å². The standard InChI is InChI=1S/C10H10ClF/c1-7(2)6-8-9(11)4-3-5-10(8)12/h3-5H,1,6H2,2H3. The van der Waals surface area contributed by atoms with E-state index in [1.807, 2.05) is 6.92 Å². The largest absolute Gasteiger partial charge is 0.207 e. The molecule has 0 aliphatic carbocycles. The summed E-state index contributed by atoms with van der Waals surface area (Å²) in [5.74, 6) is -0.259. The van der Waals surface area contributed by atoms with E-state index in [4.69, 9.17) is 11.6 Å². The predicted octanol–water partition coefficient (Wildman–Crippen LogP) is 3.60. The van der Waals surface area contributed by atoms with Crippen LogP contribution in [-0.4, -0.2) is 0 Å². The highest BCUT2D eigenvalue weighted by molar-refractivity contribution is 6.31. The smallest absolute Gasteiger partial charge is 0.128 e. The lowest BCUT2D eigenvalue weighted by molar-refractivity contribution is 0.613. The van der Waals surface area contributed by atoms with Crippen molar-refractivity contribution in [1.82, 2.24) is 0 Å². The molecule has 0 nitrogen and oxygen atoms in total. The highest BCUT2D eigenvalue weighted by Crippen LogP contribution is 2.21. The maximum absolute atomic E-state index is 13.1. The van der Waals surface area contributed by atoms with Gasteiger partial charge in [-0.1, -0.05) is 29.8 Å². The molecule has 0 N–H and O–H groups in total. The summed E-state index contributed by atoms with van der Waals surface area (Å²) in [7, 11) is 0. The molecule has 1 aromatic rings. The molecule has 0 radical (unpaired) electrons. The zero-order chi connectivity index (χ0) is 9.14. The van der Waals surface area contributed by atoms with Gasteiger partial charge in [0.25, 0.3) is 0 Å². The van der Waals surface area contributed by atoms with Crippen LogP contribution in [0.4, 0.5) is 4.39 Å². The molecule has 64 valence electrons. The first-order valence-corrected chi connectivity index (χ1v) is 4.06. The molecule has 0 unspecified atom stereocenters. The van der Waals surface area contributed by atoms with Gasteiger partial charge >= 0.3 is 0 Å². The topological polar surface area (TPSA) is 0 Å². The fourth-order valence-corrected chi connectivity index (χ4v) is 1.23. The first-order chi connectivity index (χ1) is 5.61. The molecule has 12 heavy (non-hydrogen) atoms. The summed E-state index contributed by atoms with van der Waals surface area (Å²) < 4.78 is 13.1. The van der Waals surface area contributed by atoms with E-state index in [2.05, 4.69) is 6.58 Å². The molecule has 0 aromatic heterocycles. The Labute approximate surface area is 76.7 Å². The van der Waals surface area contributed by atoms with E-state index in [0.29, 0.717) is 17.0 Å². The molecular formula is C10H10ClF. The van der Waals surface area contributed by atoms with Crippen molar-refractivity contribution in [1.29, 1.82) is 0 Å². The van der Waals surface area contributed by atoms with Crippen LogP contribution in [0.3, 0.4) is 0 Å². The van der Waals surface area contributed by atoms with E-state index < -0.39 is 0 Å². The van der Waals surface area contributed by atoms with E-state index in [1.54, 1.807) is 12.1 Å². The van der Waals surface area contributed by atoms with Crippen LogP contribution in [0.25, 0.3) is 0 Å². The number of hydrogen-bond acceptors (Lipinski definition) is 0. The summed E-state index contributed by atoms with van der Waals surface area (Å²) >= 11 is 5.79. The highest BCUT2D eigenvalue weighted by atomic mass is 35.5. The zero-order valence-corrected chi connectivity index (χ0v) is 7.66. The van der Waals surface area contributed by atoms with Gasteiger partial charge in [-0.3, -0.25) is 0 Å². The number of benzene rings is 1. The lowest BCUT2D eigenvalue weighted by atomic mass is 10.1. The fraction of sp³-hybridized carbons (Fsp3) is 0.200. The van der Waals surface area contributed by atoms with Crippen LogP contribution in [0.15, 0.2) is 30.4 Å². The second-order valence-electron chi connectivity index (χ2n) is 2.83. The fourth-order valence-electron chi connectivity index (χ4n) is 1.00. The van der Waals surface area contributed by atoms with Crippen LogP contribution in [0, 0.1) is 5.82 Å². The number of rotatable bonds is 2. The van der Waals surface area contributed by atoms with Crippen molar-refractivity contribution in [3.05, 3.63) is 46.8 Å². The van der Waals surface area contributed by atoms with Crippen LogP contribution in [0.5, 0.6) is 0 Å². The van der Waals surface area contributed by atoms with Crippen LogP contribution >= 0.6 is 11.6 Å². The molecule has 0 saturated carbocycles. The van der Waals surface area contributed by atoms with E-state index >= 15 is 0 Å². The van der Waals surface area contributed by atoms with E-state index in [9.17, 15) is 4.39 Å². The van der Waals surface area contributed by atoms with Crippen molar-refractivity contribution in [2.45, 2.75) is 13.3 Å².